The highest BCUT2D eigenvalue weighted by atomic mass is 16.5. The molecule has 0 atom stereocenters. The first kappa shape index (κ1) is 23.0. The van der Waals surface area contributed by atoms with Gasteiger partial charge in [-0.1, -0.05) is 72.8 Å². The van der Waals surface area contributed by atoms with E-state index in [1.165, 1.54) is 0 Å². The number of ether oxygens (including phenoxy) is 2. The Morgan fingerprint density at radius 1 is 0.735 bits per heavy atom. The molecule has 1 aromatic heterocycles. The van der Waals surface area contributed by atoms with E-state index in [2.05, 4.69) is 0 Å². The molecule has 0 unspecified atom stereocenters. The second-order valence-electron chi connectivity index (χ2n) is 7.78. The van der Waals surface area contributed by atoms with Crippen molar-refractivity contribution in [3.05, 3.63) is 101 Å². The quantitative estimate of drug-likeness (QED) is 0.238. The van der Waals surface area contributed by atoms with Crippen LogP contribution in [0.15, 0.2) is 94.1 Å². The van der Waals surface area contributed by atoms with Crippen LogP contribution in [0.1, 0.15) is 31.2 Å². The minimum absolute atomic E-state index is 0.0620. The number of fused-ring (bicyclic) bond motifs is 1. The normalized spacial score (nSPS) is 10.7. The molecule has 0 spiro atoms. The molecule has 6 heteroatoms. The number of carbonyl (C=O) groups is 2. The van der Waals surface area contributed by atoms with Gasteiger partial charge in [-0.25, -0.2) is 0 Å². The van der Waals surface area contributed by atoms with Gasteiger partial charge in [0.05, 0.1) is 5.39 Å². The molecule has 0 amide bonds. The highest BCUT2D eigenvalue weighted by molar-refractivity contribution is 5.84. The number of hydrogen-bond acceptors (Lipinski definition) is 6. The van der Waals surface area contributed by atoms with Crippen LogP contribution in [0.25, 0.3) is 22.3 Å². The molecule has 34 heavy (non-hydrogen) atoms. The zero-order valence-electron chi connectivity index (χ0n) is 18.6. The van der Waals surface area contributed by atoms with Crippen molar-refractivity contribution in [2.45, 2.75) is 32.3 Å². The second-order valence-corrected chi connectivity index (χ2v) is 7.78. The van der Waals surface area contributed by atoms with E-state index in [0.29, 0.717) is 29.4 Å². The van der Waals surface area contributed by atoms with Gasteiger partial charge in [0, 0.05) is 18.4 Å². The molecule has 4 rings (SSSR count). The second kappa shape index (κ2) is 11.1. The summed E-state index contributed by atoms with van der Waals surface area (Å²) in [7, 11) is 0. The Morgan fingerprint density at radius 3 is 2.09 bits per heavy atom. The maximum Gasteiger partial charge on any atom is 0.311 e. The predicted molar refractivity (Wildman–Crippen MR) is 128 cm³/mol. The fourth-order valence-corrected chi connectivity index (χ4v) is 3.51. The van der Waals surface area contributed by atoms with Gasteiger partial charge in [0.15, 0.2) is 5.76 Å². The zero-order valence-corrected chi connectivity index (χ0v) is 18.6. The molecule has 0 aliphatic carbocycles. The molecule has 6 nitrogen and oxygen atoms in total. The monoisotopic (exact) mass is 456 g/mol. The van der Waals surface area contributed by atoms with Gasteiger partial charge < -0.3 is 13.9 Å². The molecular formula is C28H24O6. The Bertz CT molecular complexity index is 1330. The summed E-state index contributed by atoms with van der Waals surface area (Å²) in [5, 5.41) is 0.339. The summed E-state index contributed by atoms with van der Waals surface area (Å²) in [5.74, 6) is -0.796. The molecule has 4 aromatic rings. The van der Waals surface area contributed by atoms with Crippen LogP contribution in [0.3, 0.4) is 0 Å². The molecule has 172 valence electrons. The summed E-state index contributed by atoms with van der Waals surface area (Å²) < 4.78 is 16.7. The molecule has 0 N–H and O–H groups in total. The lowest BCUT2D eigenvalue weighted by Gasteiger charge is -2.10. The smallest absolute Gasteiger partial charge is 0.311 e. The third-order valence-electron chi connectivity index (χ3n) is 5.26. The molecule has 0 radical (unpaired) electrons. The van der Waals surface area contributed by atoms with E-state index in [9.17, 15) is 14.4 Å². The van der Waals surface area contributed by atoms with Crippen LogP contribution in [-0.2, 0) is 20.9 Å². The summed E-state index contributed by atoms with van der Waals surface area (Å²) in [6.07, 6.45) is 1.17. The van der Waals surface area contributed by atoms with Crippen LogP contribution in [-0.4, -0.2) is 11.9 Å². The van der Waals surface area contributed by atoms with Crippen LogP contribution < -0.4 is 10.2 Å². The molecule has 0 saturated heterocycles. The first-order chi connectivity index (χ1) is 16.6. The van der Waals surface area contributed by atoms with Gasteiger partial charge in [0.2, 0.25) is 11.2 Å². The van der Waals surface area contributed by atoms with Crippen molar-refractivity contribution in [2.24, 2.45) is 0 Å². The molecule has 0 bridgehead atoms. The molecule has 0 aliphatic rings. The van der Waals surface area contributed by atoms with Crippen LogP contribution in [0, 0.1) is 0 Å². The number of benzene rings is 3. The first-order valence-corrected chi connectivity index (χ1v) is 11.1. The van der Waals surface area contributed by atoms with Crippen LogP contribution in [0.5, 0.6) is 5.75 Å². The Hall–Kier alpha value is -4.19. The van der Waals surface area contributed by atoms with Crippen molar-refractivity contribution < 1.29 is 23.5 Å². The van der Waals surface area contributed by atoms with Gasteiger partial charge in [-0.2, -0.15) is 0 Å². The van der Waals surface area contributed by atoms with Crippen molar-refractivity contribution in [1.82, 2.24) is 0 Å². The Morgan fingerprint density at radius 2 is 1.35 bits per heavy atom. The number of hydrogen-bond donors (Lipinski definition) is 0. The Labute approximate surface area is 196 Å². The minimum atomic E-state index is -0.558. The molecule has 0 aliphatic heterocycles. The van der Waals surface area contributed by atoms with Gasteiger partial charge in [-0.15, -0.1) is 0 Å². The van der Waals surface area contributed by atoms with Crippen molar-refractivity contribution in [2.75, 3.05) is 0 Å². The van der Waals surface area contributed by atoms with E-state index in [1.54, 1.807) is 36.4 Å². The minimum Gasteiger partial charge on any atom is -0.461 e. The van der Waals surface area contributed by atoms with E-state index in [4.69, 9.17) is 13.9 Å². The van der Waals surface area contributed by atoms with Gasteiger partial charge in [0.1, 0.15) is 12.2 Å². The third-order valence-corrected chi connectivity index (χ3v) is 5.26. The lowest BCUT2D eigenvalue weighted by Crippen LogP contribution is -2.16. The standard InChI is InChI=1S/C28H24O6/c29-24(32-19-20-11-3-1-4-12-20)17-9-10-18-25(30)34-28-26(31)22-15-7-8-16-23(22)33-27(28)21-13-5-2-6-14-21/h1-8,11-16H,9-10,17-19H2. The first-order valence-electron chi connectivity index (χ1n) is 11.1. The number of rotatable bonds is 9. The highest BCUT2D eigenvalue weighted by Gasteiger charge is 2.20. The van der Waals surface area contributed by atoms with Crippen LogP contribution in [0.2, 0.25) is 0 Å². The number of unbranched alkanes of at least 4 members (excludes halogenated alkanes) is 1. The SMILES string of the molecule is O=C(CCCCC(=O)Oc1c(-c2ccccc2)oc2ccccc2c1=O)OCc1ccccc1. The topological polar surface area (TPSA) is 82.8 Å². The lowest BCUT2D eigenvalue weighted by atomic mass is 10.1. The molecule has 3 aromatic carbocycles. The number of para-hydroxylation sites is 1. The average molecular weight is 456 g/mol. The third kappa shape index (κ3) is 5.78. The van der Waals surface area contributed by atoms with Crippen molar-refractivity contribution >= 4 is 22.9 Å². The number of carbonyl (C=O) groups excluding carboxylic acids is 2. The molecule has 1 heterocycles. The molecule has 0 saturated carbocycles. The van der Waals surface area contributed by atoms with E-state index in [1.807, 2.05) is 48.5 Å². The summed E-state index contributed by atoms with van der Waals surface area (Å²) >= 11 is 0. The molecule has 0 fully saturated rings. The van der Waals surface area contributed by atoms with Gasteiger partial charge in [0.25, 0.3) is 0 Å². The lowest BCUT2D eigenvalue weighted by molar-refractivity contribution is -0.145. The number of esters is 2. The summed E-state index contributed by atoms with van der Waals surface area (Å²) in [6, 6.07) is 25.3. The van der Waals surface area contributed by atoms with E-state index in [0.717, 1.165) is 5.56 Å². The Balaban J connectivity index is 1.36. The highest BCUT2D eigenvalue weighted by Crippen LogP contribution is 2.31. The van der Waals surface area contributed by atoms with Gasteiger partial charge in [-0.05, 0) is 30.5 Å². The van der Waals surface area contributed by atoms with Crippen LogP contribution >= 0.6 is 0 Å². The maximum absolute atomic E-state index is 13.1. The van der Waals surface area contributed by atoms with Crippen molar-refractivity contribution in [3.63, 3.8) is 0 Å². The predicted octanol–water partition coefficient (Wildman–Crippen LogP) is 5.67. The fourth-order valence-electron chi connectivity index (χ4n) is 3.51. The summed E-state index contributed by atoms with van der Waals surface area (Å²) in [4.78, 5) is 37.5. The van der Waals surface area contributed by atoms with Gasteiger partial charge in [-0.3, -0.25) is 14.4 Å². The van der Waals surface area contributed by atoms with Crippen LogP contribution in [0.4, 0.5) is 0 Å². The molecular weight excluding hydrogens is 432 g/mol. The zero-order chi connectivity index (χ0) is 23.8. The van der Waals surface area contributed by atoms with E-state index in [-0.39, 0.29) is 36.9 Å². The largest absolute Gasteiger partial charge is 0.461 e. The van der Waals surface area contributed by atoms with Gasteiger partial charge >= 0.3 is 11.9 Å². The van der Waals surface area contributed by atoms with E-state index < -0.39 is 11.4 Å². The fraction of sp³-hybridized carbons (Fsp3) is 0.179. The summed E-state index contributed by atoms with van der Waals surface area (Å²) in [6.45, 7) is 0.224. The Kier molecular flexibility index (Phi) is 7.50. The average Bonchev–Trinajstić information content (AvgIpc) is 2.88. The van der Waals surface area contributed by atoms with Crippen molar-refractivity contribution in [3.8, 4) is 17.1 Å². The summed E-state index contributed by atoms with van der Waals surface area (Å²) in [5.41, 5.74) is 1.57. The van der Waals surface area contributed by atoms with E-state index >= 15 is 0 Å². The van der Waals surface area contributed by atoms with Crippen molar-refractivity contribution in [1.29, 1.82) is 0 Å². The maximum atomic E-state index is 13.1.